The Bertz CT molecular complexity index is 476. The number of carbonyl (C=O) groups is 1. The standard InChI is InChI=1S/C18H28N2O2/c1-13-8-14(2)11-20(10-13)12-15(3)19-9-16-4-6-17(7-5-16)18(21)22/h4-7,13-15,19H,8-12H2,1-3H3,(H,21,22). The van der Waals surface area contributed by atoms with Gasteiger partial charge in [-0.05, 0) is 42.9 Å². The summed E-state index contributed by atoms with van der Waals surface area (Å²) in [7, 11) is 0. The number of rotatable bonds is 6. The highest BCUT2D eigenvalue weighted by atomic mass is 16.4. The smallest absolute Gasteiger partial charge is 0.335 e. The van der Waals surface area contributed by atoms with E-state index in [-0.39, 0.29) is 0 Å². The normalized spacial score (nSPS) is 24.1. The highest BCUT2D eigenvalue weighted by molar-refractivity contribution is 5.87. The molecule has 1 saturated heterocycles. The third kappa shape index (κ3) is 5.11. The van der Waals surface area contributed by atoms with Gasteiger partial charge in [0.05, 0.1) is 5.56 Å². The second kappa shape index (κ2) is 7.75. The Labute approximate surface area is 133 Å². The van der Waals surface area contributed by atoms with Crippen molar-refractivity contribution in [3.05, 3.63) is 35.4 Å². The van der Waals surface area contributed by atoms with Gasteiger partial charge in [0.15, 0.2) is 0 Å². The van der Waals surface area contributed by atoms with Gasteiger partial charge in [-0.3, -0.25) is 0 Å². The van der Waals surface area contributed by atoms with Crippen LogP contribution in [0.3, 0.4) is 0 Å². The fourth-order valence-corrected chi connectivity index (χ4v) is 3.45. The van der Waals surface area contributed by atoms with E-state index < -0.39 is 5.97 Å². The molecule has 1 heterocycles. The van der Waals surface area contributed by atoms with Crippen LogP contribution < -0.4 is 5.32 Å². The van der Waals surface area contributed by atoms with Crippen LogP contribution in [0.5, 0.6) is 0 Å². The number of benzene rings is 1. The molecule has 3 unspecified atom stereocenters. The Morgan fingerprint density at radius 1 is 1.27 bits per heavy atom. The number of hydrogen-bond acceptors (Lipinski definition) is 3. The molecule has 4 nitrogen and oxygen atoms in total. The van der Waals surface area contributed by atoms with Crippen molar-refractivity contribution in [2.24, 2.45) is 11.8 Å². The summed E-state index contributed by atoms with van der Waals surface area (Å²) in [5.41, 5.74) is 1.46. The molecule has 22 heavy (non-hydrogen) atoms. The van der Waals surface area contributed by atoms with E-state index in [1.165, 1.54) is 19.5 Å². The average molecular weight is 304 g/mol. The first-order valence-corrected chi connectivity index (χ1v) is 8.22. The van der Waals surface area contributed by atoms with Gasteiger partial charge in [0, 0.05) is 32.2 Å². The highest BCUT2D eigenvalue weighted by Gasteiger charge is 2.22. The number of nitrogens with zero attached hydrogens (tertiary/aromatic N) is 1. The van der Waals surface area contributed by atoms with Gasteiger partial charge in [0.2, 0.25) is 0 Å². The van der Waals surface area contributed by atoms with E-state index >= 15 is 0 Å². The summed E-state index contributed by atoms with van der Waals surface area (Å²) in [4.78, 5) is 13.4. The molecule has 122 valence electrons. The lowest BCUT2D eigenvalue weighted by Gasteiger charge is -2.36. The first-order chi connectivity index (χ1) is 10.4. The van der Waals surface area contributed by atoms with Crippen molar-refractivity contribution in [2.45, 2.75) is 39.8 Å². The summed E-state index contributed by atoms with van der Waals surface area (Å²) in [6.45, 7) is 11.1. The van der Waals surface area contributed by atoms with Crippen LogP contribution in [0, 0.1) is 11.8 Å². The predicted octanol–water partition coefficient (Wildman–Crippen LogP) is 2.84. The van der Waals surface area contributed by atoms with Crippen LogP contribution in [-0.4, -0.2) is 41.7 Å². The molecule has 0 spiro atoms. The van der Waals surface area contributed by atoms with Crippen LogP contribution in [0.15, 0.2) is 24.3 Å². The predicted molar refractivity (Wildman–Crippen MR) is 89.1 cm³/mol. The monoisotopic (exact) mass is 304 g/mol. The molecule has 2 N–H and O–H groups in total. The van der Waals surface area contributed by atoms with E-state index in [2.05, 4.69) is 31.0 Å². The van der Waals surface area contributed by atoms with Gasteiger partial charge in [-0.15, -0.1) is 0 Å². The molecule has 1 fully saturated rings. The maximum Gasteiger partial charge on any atom is 0.335 e. The van der Waals surface area contributed by atoms with Crippen LogP contribution in [0.1, 0.15) is 43.1 Å². The molecular weight excluding hydrogens is 276 g/mol. The van der Waals surface area contributed by atoms with E-state index in [1.807, 2.05) is 12.1 Å². The highest BCUT2D eigenvalue weighted by Crippen LogP contribution is 2.20. The topological polar surface area (TPSA) is 52.6 Å². The maximum atomic E-state index is 10.8. The van der Waals surface area contributed by atoms with E-state index in [4.69, 9.17) is 5.11 Å². The molecule has 0 radical (unpaired) electrons. The van der Waals surface area contributed by atoms with Crippen molar-refractivity contribution in [2.75, 3.05) is 19.6 Å². The Morgan fingerprint density at radius 3 is 2.41 bits per heavy atom. The zero-order valence-electron chi connectivity index (χ0n) is 13.9. The lowest BCUT2D eigenvalue weighted by atomic mass is 9.92. The Balaban J connectivity index is 1.77. The van der Waals surface area contributed by atoms with Crippen LogP contribution in [0.2, 0.25) is 0 Å². The summed E-state index contributed by atoms with van der Waals surface area (Å²) in [6.07, 6.45) is 1.34. The van der Waals surface area contributed by atoms with Crippen molar-refractivity contribution in [3.8, 4) is 0 Å². The lowest BCUT2D eigenvalue weighted by Crippen LogP contribution is -2.45. The average Bonchev–Trinajstić information content (AvgIpc) is 2.44. The SMILES string of the molecule is CC1CC(C)CN(CC(C)NCc2ccc(C(=O)O)cc2)C1. The molecular formula is C18H28N2O2. The minimum Gasteiger partial charge on any atom is -0.478 e. The van der Waals surface area contributed by atoms with Gasteiger partial charge in [-0.2, -0.15) is 0 Å². The number of carboxylic acid groups (broad SMARTS) is 1. The number of hydrogen-bond donors (Lipinski definition) is 2. The molecule has 2 rings (SSSR count). The molecule has 0 saturated carbocycles. The number of piperidine rings is 1. The largest absolute Gasteiger partial charge is 0.478 e. The lowest BCUT2D eigenvalue weighted by molar-refractivity contribution is 0.0697. The molecule has 1 aliphatic rings. The van der Waals surface area contributed by atoms with E-state index in [9.17, 15) is 4.79 Å². The minimum absolute atomic E-state index is 0.341. The minimum atomic E-state index is -0.874. The van der Waals surface area contributed by atoms with Gasteiger partial charge >= 0.3 is 5.97 Å². The number of nitrogens with one attached hydrogen (secondary N) is 1. The first-order valence-electron chi connectivity index (χ1n) is 8.22. The zero-order chi connectivity index (χ0) is 16.1. The summed E-state index contributed by atoms with van der Waals surface area (Å²) in [5, 5.41) is 12.4. The van der Waals surface area contributed by atoms with Gasteiger partial charge < -0.3 is 15.3 Å². The molecule has 0 aliphatic carbocycles. The summed E-state index contributed by atoms with van der Waals surface area (Å²) in [5.74, 6) is 0.709. The number of aromatic carboxylic acids is 1. The van der Waals surface area contributed by atoms with Crippen LogP contribution in [0.25, 0.3) is 0 Å². The van der Waals surface area contributed by atoms with E-state index in [0.717, 1.165) is 30.5 Å². The van der Waals surface area contributed by atoms with Crippen molar-refractivity contribution in [1.82, 2.24) is 10.2 Å². The third-order valence-electron chi connectivity index (χ3n) is 4.33. The molecule has 0 bridgehead atoms. The molecule has 1 aromatic carbocycles. The van der Waals surface area contributed by atoms with Gasteiger partial charge in [0.25, 0.3) is 0 Å². The van der Waals surface area contributed by atoms with Crippen molar-refractivity contribution < 1.29 is 9.90 Å². The third-order valence-corrected chi connectivity index (χ3v) is 4.33. The quantitative estimate of drug-likeness (QED) is 0.848. The number of carboxylic acids is 1. The maximum absolute atomic E-state index is 10.8. The van der Waals surface area contributed by atoms with Gasteiger partial charge in [-0.1, -0.05) is 26.0 Å². The second-order valence-corrected chi connectivity index (χ2v) is 6.95. The summed E-state index contributed by atoms with van der Waals surface area (Å²) >= 11 is 0. The second-order valence-electron chi connectivity index (χ2n) is 6.95. The van der Waals surface area contributed by atoms with Crippen molar-refractivity contribution >= 4 is 5.97 Å². The molecule has 1 aliphatic heterocycles. The fourth-order valence-electron chi connectivity index (χ4n) is 3.45. The van der Waals surface area contributed by atoms with Crippen LogP contribution in [0.4, 0.5) is 0 Å². The van der Waals surface area contributed by atoms with Gasteiger partial charge in [0.1, 0.15) is 0 Å². The Hall–Kier alpha value is -1.39. The van der Waals surface area contributed by atoms with Crippen LogP contribution in [-0.2, 0) is 6.54 Å². The molecule has 0 amide bonds. The fraction of sp³-hybridized carbons (Fsp3) is 0.611. The molecule has 3 atom stereocenters. The summed E-state index contributed by atoms with van der Waals surface area (Å²) < 4.78 is 0. The Kier molecular flexibility index (Phi) is 5.98. The van der Waals surface area contributed by atoms with Crippen molar-refractivity contribution in [3.63, 3.8) is 0 Å². The first kappa shape index (κ1) is 17.0. The Morgan fingerprint density at radius 2 is 1.86 bits per heavy atom. The van der Waals surface area contributed by atoms with E-state index in [0.29, 0.717) is 11.6 Å². The van der Waals surface area contributed by atoms with E-state index in [1.54, 1.807) is 12.1 Å². The molecule has 0 aromatic heterocycles. The van der Waals surface area contributed by atoms with Crippen molar-refractivity contribution in [1.29, 1.82) is 0 Å². The van der Waals surface area contributed by atoms with Crippen LogP contribution >= 0.6 is 0 Å². The molecule has 1 aromatic rings. The molecule has 4 heteroatoms. The zero-order valence-corrected chi connectivity index (χ0v) is 13.9. The van der Waals surface area contributed by atoms with Gasteiger partial charge in [-0.25, -0.2) is 4.79 Å². The number of likely N-dealkylation sites (tertiary alicyclic amines) is 1. The summed E-state index contributed by atoms with van der Waals surface area (Å²) in [6, 6.07) is 7.52.